The van der Waals surface area contributed by atoms with Gasteiger partial charge in [-0.15, -0.1) is 0 Å². The van der Waals surface area contributed by atoms with Crippen molar-refractivity contribution in [2.75, 3.05) is 7.11 Å². The topological polar surface area (TPSA) is 70.3 Å². The molecular formula is C11H8FNO3. The summed E-state index contributed by atoms with van der Waals surface area (Å²) in [6, 6.07) is 6.15. The fourth-order valence-electron chi connectivity index (χ4n) is 1.11. The van der Waals surface area contributed by atoms with Crippen LogP contribution in [0.2, 0.25) is 0 Å². The van der Waals surface area contributed by atoms with E-state index >= 15 is 0 Å². The molecule has 0 aromatic heterocycles. The third-order valence-electron chi connectivity index (χ3n) is 1.84. The third kappa shape index (κ3) is 2.58. The summed E-state index contributed by atoms with van der Waals surface area (Å²) < 4.78 is 17.7. The Morgan fingerprint density at radius 3 is 2.81 bits per heavy atom. The molecule has 0 bridgehead atoms. The molecule has 1 aromatic carbocycles. The largest absolute Gasteiger partial charge is 0.495 e. The van der Waals surface area contributed by atoms with Crippen molar-refractivity contribution >= 4 is 12.0 Å². The van der Waals surface area contributed by atoms with Gasteiger partial charge in [-0.25, -0.2) is 4.79 Å². The quantitative estimate of drug-likeness (QED) is 0.792. The Bertz CT molecular complexity index is 488. The molecular weight excluding hydrogens is 213 g/mol. The lowest BCUT2D eigenvalue weighted by Crippen LogP contribution is -1.94. The highest BCUT2D eigenvalue weighted by atomic mass is 19.1. The summed E-state index contributed by atoms with van der Waals surface area (Å²) in [5.41, 5.74) is 0.506. The lowest BCUT2D eigenvalue weighted by Gasteiger charge is -2.02. The first-order valence-electron chi connectivity index (χ1n) is 4.27. The van der Waals surface area contributed by atoms with Crippen LogP contribution in [0.5, 0.6) is 5.75 Å². The number of aliphatic carboxylic acids is 1. The van der Waals surface area contributed by atoms with Gasteiger partial charge in [0.15, 0.2) is 0 Å². The van der Waals surface area contributed by atoms with E-state index in [4.69, 9.17) is 15.1 Å². The maximum absolute atomic E-state index is 12.8. The van der Waals surface area contributed by atoms with Crippen LogP contribution in [0.3, 0.4) is 0 Å². The molecule has 4 nitrogen and oxygen atoms in total. The van der Waals surface area contributed by atoms with E-state index in [1.807, 2.05) is 6.07 Å². The molecule has 1 rings (SSSR count). The van der Waals surface area contributed by atoms with Crippen LogP contribution in [0.4, 0.5) is 4.39 Å². The Hall–Kier alpha value is -2.35. The van der Waals surface area contributed by atoms with Crippen LogP contribution in [0, 0.1) is 11.3 Å². The standard InChI is InChI=1S/C11H8FNO3/c1-16-10-3-2-7(4-8(10)6-13)5-9(12)11(14)15/h2-5H,1H3,(H,14,15). The average molecular weight is 221 g/mol. The molecule has 1 N–H and O–H groups in total. The van der Waals surface area contributed by atoms with E-state index < -0.39 is 11.8 Å². The van der Waals surface area contributed by atoms with Crippen molar-refractivity contribution in [3.63, 3.8) is 0 Å². The second-order valence-electron chi connectivity index (χ2n) is 2.87. The zero-order chi connectivity index (χ0) is 12.1. The minimum Gasteiger partial charge on any atom is -0.495 e. The summed E-state index contributed by atoms with van der Waals surface area (Å²) in [7, 11) is 1.41. The molecule has 0 saturated heterocycles. The van der Waals surface area contributed by atoms with Gasteiger partial charge in [0.2, 0.25) is 5.83 Å². The van der Waals surface area contributed by atoms with Crippen LogP contribution >= 0.6 is 0 Å². The Morgan fingerprint density at radius 2 is 2.31 bits per heavy atom. The number of rotatable bonds is 3. The molecule has 0 amide bonds. The third-order valence-corrected chi connectivity index (χ3v) is 1.84. The van der Waals surface area contributed by atoms with E-state index in [-0.39, 0.29) is 11.1 Å². The first kappa shape index (κ1) is 11.7. The molecule has 0 heterocycles. The number of nitrogens with zero attached hydrogens (tertiary/aromatic N) is 1. The van der Waals surface area contributed by atoms with Crippen LogP contribution in [-0.4, -0.2) is 18.2 Å². The monoisotopic (exact) mass is 221 g/mol. The summed E-state index contributed by atoms with van der Waals surface area (Å²) in [4.78, 5) is 10.2. The van der Waals surface area contributed by atoms with E-state index in [2.05, 4.69) is 0 Å². The number of halogens is 1. The normalized spacial score (nSPS) is 10.7. The summed E-state index contributed by atoms with van der Waals surface area (Å²) in [6.07, 6.45) is 0.836. The van der Waals surface area contributed by atoms with Gasteiger partial charge in [0.1, 0.15) is 11.8 Å². The SMILES string of the molecule is COc1ccc(C=C(F)C(=O)O)cc1C#N. The minimum atomic E-state index is -1.64. The fourth-order valence-corrected chi connectivity index (χ4v) is 1.11. The Kier molecular flexibility index (Phi) is 3.62. The average Bonchev–Trinajstić information content (AvgIpc) is 2.28. The van der Waals surface area contributed by atoms with Gasteiger partial charge in [-0.3, -0.25) is 0 Å². The van der Waals surface area contributed by atoms with Gasteiger partial charge in [-0.05, 0) is 23.8 Å². The van der Waals surface area contributed by atoms with Crippen LogP contribution in [0.1, 0.15) is 11.1 Å². The van der Waals surface area contributed by atoms with Gasteiger partial charge in [0, 0.05) is 0 Å². The van der Waals surface area contributed by atoms with Gasteiger partial charge < -0.3 is 9.84 Å². The molecule has 0 aliphatic rings. The van der Waals surface area contributed by atoms with E-state index in [0.29, 0.717) is 5.75 Å². The van der Waals surface area contributed by atoms with Crippen molar-refractivity contribution in [3.05, 3.63) is 35.2 Å². The summed E-state index contributed by atoms with van der Waals surface area (Å²) in [6.45, 7) is 0. The van der Waals surface area contributed by atoms with Crippen molar-refractivity contribution in [1.82, 2.24) is 0 Å². The first-order chi connectivity index (χ1) is 7.58. The van der Waals surface area contributed by atoms with Crippen molar-refractivity contribution < 1.29 is 19.0 Å². The molecule has 0 unspecified atom stereocenters. The van der Waals surface area contributed by atoms with Crippen LogP contribution < -0.4 is 4.74 Å². The van der Waals surface area contributed by atoms with Crippen molar-refractivity contribution in [1.29, 1.82) is 5.26 Å². The number of carboxylic acids is 1. The number of carbonyl (C=O) groups is 1. The molecule has 5 heteroatoms. The van der Waals surface area contributed by atoms with E-state index in [9.17, 15) is 9.18 Å². The van der Waals surface area contributed by atoms with Crippen molar-refractivity contribution in [2.45, 2.75) is 0 Å². The second-order valence-corrected chi connectivity index (χ2v) is 2.87. The van der Waals surface area contributed by atoms with Gasteiger partial charge >= 0.3 is 5.97 Å². The lowest BCUT2D eigenvalue weighted by molar-refractivity contribution is -0.134. The molecule has 0 atom stereocenters. The predicted octanol–water partition coefficient (Wildman–Crippen LogP) is 1.96. The maximum atomic E-state index is 12.8. The summed E-state index contributed by atoms with van der Waals surface area (Å²) in [5, 5.41) is 17.1. The number of benzene rings is 1. The van der Waals surface area contributed by atoms with E-state index in [1.54, 1.807) is 0 Å². The van der Waals surface area contributed by atoms with E-state index in [1.165, 1.54) is 25.3 Å². The Balaban J connectivity index is 3.15. The zero-order valence-corrected chi connectivity index (χ0v) is 8.40. The molecule has 0 aliphatic heterocycles. The summed E-state index contributed by atoms with van der Waals surface area (Å²) in [5.74, 6) is -2.57. The Labute approximate surface area is 91.2 Å². The predicted molar refractivity (Wildman–Crippen MR) is 54.4 cm³/mol. The number of hydrogen-bond donors (Lipinski definition) is 1. The van der Waals surface area contributed by atoms with Gasteiger partial charge in [0.25, 0.3) is 0 Å². The van der Waals surface area contributed by atoms with Crippen molar-refractivity contribution in [2.24, 2.45) is 0 Å². The van der Waals surface area contributed by atoms with E-state index in [0.717, 1.165) is 6.08 Å². The van der Waals surface area contributed by atoms with Crippen LogP contribution in [0.15, 0.2) is 24.0 Å². The number of methoxy groups -OCH3 is 1. The molecule has 1 aromatic rings. The highest BCUT2D eigenvalue weighted by Crippen LogP contribution is 2.20. The minimum absolute atomic E-state index is 0.217. The van der Waals surface area contributed by atoms with Gasteiger partial charge in [0.05, 0.1) is 12.7 Å². The molecule has 16 heavy (non-hydrogen) atoms. The van der Waals surface area contributed by atoms with Crippen molar-refractivity contribution in [3.8, 4) is 11.8 Å². The second kappa shape index (κ2) is 4.94. The maximum Gasteiger partial charge on any atom is 0.364 e. The number of carboxylic acid groups (broad SMARTS) is 1. The smallest absolute Gasteiger partial charge is 0.364 e. The summed E-state index contributed by atoms with van der Waals surface area (Å²) >= 11 is 0. The number of ether oxygens (including phenoxy) is 1. The first-order valence-corrected chi connectivity index (χ1v) is 4.27. The highest BCUT2D eigenvalue weighted by Gasteiger charge is 2.07. The molecule has 0 radical (unpaired) electrons. The molecule has 0 aliphatic carbocycles. The fraction of sp³-hybridized carbons (Fsp3) is 0.0909. The molecule has 82 valence electrons. The molecule has 0 saturated carbocycles. The van der Waals surface area contributed by atoms with Crippen LogP contribution in [0.25, 0.3) is 6.08 Å². The lowest BCUT2D eigenvalue weighted by atomic mass is 10.1. The molecule has 0 fully saturated rings. The highest BCUT2D eigenvalue weighted by molar-refractivity contribution is 5.89. The number of nitriles is 1. The molecule has 0 spiro atoms. The van der Waals surface area contributed by atoms with Gasteiger partial charge in [-0.2, -0.15) is 9.65 Å². The van der Waals surface area contributed by atoms with Crippen LogP contribution in [-0.2, 0) is 4.79 Å². The Morgan fingerprint density at radius 1 is 1.62 bits per heavy atom. The number of hydrogen-bond acceptors (Lipinski definition) is 3. The van der Waals surface area contributed by atoms with Gasteiger partial charge in [-0.1, -0.05) is 6.07 Å². The zero-order valence-electron chi connectivity index (χ0n) is 8.40.